The molecule has 2 aromatic heterocycles. The molecular weight excluding hydrogens is 359 g/mol. The van der Waals surface area contributed by atoms with Crippen LogP contribution in [0.15, 0.2) is 12.4 Å². The molecule has 0 spiro atoms. The second kappa shape index (κ2) is 4.88. The molecule has 1 aliphatic rings. The van der Waals surface area contributed by atoms with Gasteiger partial charge in [0.05, 0.1) is 18.4 Å². The van der Waals surface area contributed by atoms with E-state index in [2.05, 4.69) is 39.6 Å². The van der Waals surface area contributed by atoms with E-state index in [0.717, 1.165) is 21.2 Å². The first-order chi connectivity index (χ1) is 9.11. The number of aliphatic hydroxyl groups is 1. The zero-order valence-electron chi connectivity index (χ0n) is 10.5. The highest BCUT2D eigenvalue weighted by Crippen LogP contribution is 2.39. The predicted octanol–water partition coefficient (Wildman–Crippen LogP) is 1.37. The van der Waals surface area contributed by atoms with Crippen molar-refractivity contribution >= 4 is 33.9 Å². The average Bonchev–Trinajstić information content (AvgIpc) is 2.91. The molecule has 0 bridgehead atoms. The number of nitrogen functional groups attached to an aromatic ring is 1. The quantitative estimate of drug-likeness (QED) is 0.776. The predicted molar refractivity (Wildman–Crippen MR) is 78.6 cm³/mol. The highest BCUT2D eigenvalue weighted by Gasteiger charge is 2.35. The Bertz CT molecular complexity index is 615. The molecule has 102 valence electrons. The second-order valence-electron chi connectivity index (χ2n) is 4.90. The minimum Gasteiger partial charge on any atom is -0.394 e. The lowest BCUT2D eigenvalue weighted by Crippen LogP contribution is -2.12. The second-order valence-corrected chi connectivity index (χ2v) is 6.06. The SMILES string of the molecule is C[C@H]1C[C@@H](CO)O[C@H]1c1cc(I)c2c(N)ncnn12. The monoisotopic (exact) mass is 374 g/mol. The van der Waals surface area contributed by atoms with E-state index in [1.54, 1.807) is 4.52 Å². The summed E-state index contributed by atoms with van der Waals surface area (Å²) in [5.74, 6) is 0.803. The first-order valence-corrected chi connectivity index (χ1v) is 7.23. The van der Waals surface area contributed by atoms with E-state index in [-0.39, 0.29) is 18.8 Å². The summed E-state index contributed by atoms with van der Waals surface area (Å²) >= 11 is 2.23. The number of aliphatic hydroxyl groups excluding tert-OH is 1. The molecule has 3 rings (SSSR count). The van der Waals surface area contributed by atoms with Crippen LogP contribution in [0.3, 0.4) is 0 Å². The van der Waals surface area contributed by atoms with Crippen LogP contribution in [-0.4, -0.2) is 32.4 Å². The first kappa shape index (κ1) is 13.1. The maximum absolute atomic E-state index is 9.23. The van der Waals surface area contributed by atoms with Gasteiger partial charge in [-0.1, -0.05) is 6.92 Å². The standard InChI is InChI=1S/C12H15IN4O2/c1-6-2-7(4-18)19-11(6)9-3-8(13)10-12(14)15-5-16-17(9)10/h3,5-7,11,18H,2,4H2,1H3,(H2,14,15,16)/t6-,7-,11+/m0/s1. The number of nitrogens with two attached hydrogens (primary N) is 1. The molecule has 0 unspecified atom stereocenters. The summed E-state index contributed by atoms with van der Waals surface area (Å²) < 4.78 is 8.70. The minimum atomic E-state index is -0.0950. The van der Waals surface area contributed by atoms with Gasteiger partial charge in [-0.3, -0.25) is 0 Å². The summed E-state index contributed by atoms with van der Waals surface area (Å²) in [5.41, 5.74) is 7.69. The molecule has 3 atom stereocenters. The van der Waals surface area contributed by atoms with Gasteiger partial charge in [0, 0.05) is 3.57 Å². The van der Waals surface area contributed by atoms with Gasteiger partial charge in [0.1, 0.15) is 17.9 Å². The minimum absolute atomic E-state index is 0.0539. The number of nitrogens with zero attached hydrogens (tertiary/aromatic N) is 3. The van der Waals surface area contributed by atoms with E-state index < -0.39 is 0 Å². The van der Waals surface area contributed by atoms with Crippen LogP contribution in [0.2, 0.25) is 0 Å². The van der Waals surface area contributed by atoms with E-state index in [4.69, 9.17) is 10.5 Å². The maximum atomic E-state index is 9.23. The van der Waals surface area contributed by atoms with Crippen LogP contribution in [0.1, 0.15) is 25.1 Å². The number of aromatic nitrogens is 3. The summed E-state index contributed by atoms with van der Waals surface area (Å²) in [7, 11) is 0. The normalized spacial score (nSPS) is 27.2. The number of anilines is 1. The molecule has 1 aliphatic heterocycles. The van der Waals surface area contributed by atoms with Crippen molar-refractivity contribution in [3.8, 4) is 0 Å². The van der Waals surface area contributed by atoms with Crippen molar-refractivity contribution in [2.75, 3.05) is 12.3 Å². The Labute approximate surface area is 124 Å². The van der Waals surface area contributed by atoms with Gasteiger partial charge >= 0.3 is 0 Å². The lowest BCUT2D eigenvalue weighted by molar-refractivity contribution is 0.00256. The van der Waals surface area contributed by atoms with Gasteiger partial charge in [0.2, 0.25) is 0 Å². The Kier molecular flexibility index (Phi) is 3.35. The van der Waals surface area contributed by atoms with Crippen LogP contribution in [0, 0.1) is 9.49 Å². The fourth-order valence-electron chi connectivity index (χ4n) is 2.66. The molecule has 3 heterocycles. The molecule has 0 amide bonds. The van der Waals surface area contributed by atoms with E-state index in [9.17, 15) is 5.11 Å². The van der Waals surface area contributed by atoms with Crippen molar-refractivity contribution in [2.24, 2.45) is 5.92 Å². The molecule has 6 nitrogen and oxygen atoms in total. The highest BCUT2D eigenvalue weighted by atomic mass is 127. The van der Waals surface area contributed by atoms with Crippen molar-refractivity contribution in [1.29, 1.82) is 0 Å². The summed E-state index contributed by atoms with van der Waals surface area (Å²) in [6, 6.07) is 2.03. The number of rotatable bonds is 2. The summed E-state index contributed by atoms with van der Waals surface area (Å²) in [5, 5.41) is 13.5. The van der Waals surface area contributed by atoms with Crippen molar-refractivity contribution in [2.45, 2.75) is 25.6 Å². The molecule has 19 heavy (non-hydrogen) atoms. The lowest BCUT2D eigenvalue weighted by Gasteiger charge is -2.14. The molecule has 0 saturated carbocycles. The number of hydrogen-bond acceptors (Lipinski definition) is 5. The summed E-state index contributed by atoms with van der Waals surface area (Å²) in [6.07, 6.45) is 2.14. The number of hydrogen-bond donors (Lipinski definition) is 2. The van der Waals surface area contributed by atoms with Crippen molar-refractivity contribution in [3.63, 3.8) is 0 Å². The van der Waals surface area contributed by atoms with E-state index in [1.807, 2.05) is 6.07 Å². The molecule has 1 fully saturated rings. The third-order valence-electron chi connectivity index (χ3n) is 3.55. The third-order valence-corrected chi connectivity index (χ3v) is 4.37. The topological polar surface area (TPSA) is 85.7 Å². The number of fused-ring (bicyclic) bond motifs is 1. The molecule has 1 saturated heterocycles. The van der Waals surface area contributed by atoms with E-state index >= 15 is 0 Å². The fourth-order valence-corrected chi connectivity index (χ4v) is 3.49. The molecular formula is C12H15IN4O2. The Balaban J connectivity index is 2.09. The Morgan fingerprint density at radius 1 is 1.63 bits per heavy atom. The molecule has 0 aliphatic carbocycles. The van der Waals surface area contributed by atoms with Gasteiger partial charge in [-0.15, -0.1) is 0 Å². The largest absolute Gasteiger partial charge is 0.394 e. The highest BCUT2D eigenvalue weighted by molar-refractivity contribution is 14.1. The van der Waals surface area contributed by atoms with E-state index in [1.165, 1.54) is 6.33 Å². The zero-order valence-corrected chi connectivity index (χ0v) is 12.6. The molecule has 2 aromatic rings. The van der Waals surface area contributed by atoms with Crippen LogP contribution >= 0.6 is 22.6 Å². The zero-order chi connectivity index (χ0) is 13.6. The fraction of sp³-hybridized carbons (Fsp3) is 0.500. The van der Waals surface area contributed by atoms with Gasteiger partial charge in [-0.2, -0.15) is 5.10 Å². The Morgan fingerprint density at radius 2 is 2.42 bits per heavy atom. The smallest absolute Gasteiger partial charge is 0.152 e. The van der Waals surface area contributed by atoms with Gasteiger partial charge in [0.25, 0.3) is 0 Å². The molecule has 0 aromatic carbocycles. The van der Waals surface area contributed by atoms with Crippen molar-refractivity contribution < 1.29 is 9.84 Å². The van der Waals surface area contributed by atoms with Crippen molar-refractivity contribution in [3.05, 3.63) is 21.7 Å². The molecule has 0 radical (unpaired) electrons. The average molecular weight is 374 g/mol. The van der Waals surface area contributed by atoms with Gasteiger partial charge in [0.15, 0.2) is 5.82 Å². The number of ether oxygens (including phenoxy) is 1. The summed E-state index contributed by atoms with van der Waals surface area (Å²) in [4.78, 5) is 4.02. The third kappa shape index (κ3) is 2.09. The van der Waals surface area contributed by atoms with E-state index in [0.29, 0.717) is 11.7 Å². The van der Waals surface area contributed by atoms with Crippen LogP contribution in [0.4, 0.5) is 5.82 Å². The van der Waals surface area contributed by atoms with Crippen LogP contribution in [0.25, 0.3) is 5.52 Å². The Hall–Kier alpha value is -0.930. The molecule has 7 heteroatoms. The summed E-state index contributed by atoms with van der Waals surface area (Å²) in [6.45, 7) is 2.18. The van der Waals surface area contributed by atoms with Crippen LogP contribution < -0.4 is 5.73 Å². The Morgan fingerprint density at radius 3 is 3.11 bits per heavy atom. The van der Waals surface area contributed by atoms with Gasteiger partial charge in [-0.05, 0) is 41.0 Å². The van der Waals surface area contributed by atoms with Crippen LogP contribution in [-0.2, 0) is 4.74 Å². The maximum Gasteiger partial charge on any atom is 0.152 e. The number of halogens is 1. The van der Waals surface area contributed by atoms with Gasteiger partial charge in [-0.25, -0.2) is 9.50 Å². The van der Waals surface area contributed by atoms with Crippen molar-refractivity contribution in [1.82, 2.24) is 14.6 Å². The lowest BCUT2D eigenvalue weighted by atomic mass is 10.00. The molecule has 3 N–H and O–H groups in total. The first-order valence-electron chi connectivity index (χ1n) is 6.15. The van der Waals surface area contributed by atoms with Crippen LogP contribution in [0.5, 0.6) is 0 Å². The van der Waals surface area contributed by atoms with Gasteiger partial charge < -0.3 is 15.6 Å².